The Kier molecular flexibility index (Phi) is 7.28. The molecular weight excluding hydrogens is 450 g/mol. The Hall–Kier alpha value is -3.64. The summed E-state index contributed by atoms with van der Waals surface area (Å²) < 4.78 is 7.15. The lowest BCUT2D eigenvalue weighted by Crippen LogP contribution is -2.36. The molecule has 9 heteroatoms. The standard InChI is InChI=1S/C25H27N5O3S/c1-17(30-11-9-27-16-30)12-24(32)29-10-8-20-21(14-26)25(34-22(20)15-29)28-23(31)7-6-18-4-3-5-19(13-18)33-2/h3-5,9,11,13,16-17H,6-8,10,12,15H2,1-2H3,(H,28,31)/t17-/m0/s1. The molecule has 3 heterocycles. The zero-order valence-electron chi connectivity index (χ0n) is 19.3. The highest BCUT2D eigenvalue weighted by Crippen LogP contribution is 2.37. The van der Waals surface area contributed by atoms with Crippen LogP contribution in [0.5, 0.6) is 5.75 Å². The Morgan fingerprint density at radius 2 is 2.24 bits per heavy atom. The van der Waals surface area contributed by atoms with Gasteiger partial charge in [0.1, 0.15) is 16.8 Å². The Morgan fingerprint density at radius 3 is 2.97 bits per heavy atom. The van der Waals surface area contributed by atoms with Gasteiger partial charge in [-0.15, -0.1) is 11.3 Å². The second-order valence-corrected chi connectivity index (χ2v) is 9.45. The van der Waals surface area contributed by atoms with Crippen LogP contribution < -0.4 is 10.1 Å². The van der Waals surface area contributed by atoms with Gasteiger partial charge in [0.2, 0.25) is 11.8 Å². The summed E-state index contributed by atoms with van der Waals surface area (Å²) in [6.07, 6.45) is 7.15. The summed E-state index contributed by atoms with van der Waals surface area (Å²) in [5.74, 6) is 0.691. The highest BCUT2D eigenvalue weighted by Gasteiger charge is 2.28. The lowest BCUT2D eigenvalue weighted by Gasteiger charge is -2.28. The van der Waals surface area contributed by atoms with E-state index in [0.29, 0.717) is 49.3 Å². The van der Waals surface area contributed by atoms with Crippen LogP contribution in [0.2, 0.25) is 0 Å². The molecule has 1 atom stereocenters. The highest BCUT2D eigenvalue weighted by atomic mass is 32.1. The molecule has 8 nitrogen and oxygen atoms in total. The fourth-order valence-electron chi connectivity index (χ4n) is 4.12. The molecule has 0 fully saturated rings. The van der Waals surface area contributed by atoms with Gasteiger partial charge in [0.05, 0.1) is 25.5 Å². The minimum Gasteiger partial charge on any atom is -0.497 e. The van der Waals surface area contributed by atoms with E-state index in [4.69, 9.17) is 4.74 Å². The van der Waals surface area contributed by atoms with Crippen LogP contribution in [0.15, 0.2) is 43.0 Å². The molecule has 0 spiro atoms. The first-order valence-electron chi connectivity index (χ1n) is 11.2. The Labute approximate surface area is 202 Å². The molecule has 2 amide bonds. The molecule has 4 rings (SSSR count). The first kappa shape index (κ1) is 23.5. The Bertz CT molecular complexity index is 1210. The molecule has 34 heavy (non-hydrogen) atoms. The van der Waals surface area contributed by atoms with Crippen LogP contribution in [-0.4, -0.2) is 39.9 Å². The van der Waals surface area contributed by atoms with Gasteiger partial charge >= 0.3 is 0 Å². The number of carbonyl (C=O) groups excluding carboxylic acids is 2. The van der Waals surface area contributed by atoms with Crippen molar-refractivity contribution in [1.29, 1.82) is 5.26 Å². The van der Waals surface area contributed by atoms with Crippen molar-refractivity contribution in [1.82, 2.24) is 14.5 Å². The second kappa shape index (κ2) is 10.5. The van der Waals surface area contributed by atoms with Gasteiger partial charge in [0.15, 0.2) is 0 Å². The van der Waals surface area contributed by atoms with Crippen molar-refractivity contribution in [3.63, 3.8) is 0 Å². The molecule has 0 saturated carbocycles. The minimum absolute atomic E-state index is 0.0221. The number of hydrogen-bond acceptors (Lipinski definition) is 6. The van der Waals surface area contributed by atoms with Crippen molar-refractivity contribution in [2.75, 3.05) is 19.0 Å². The monoisotopic (exact) mass is 477 g/mol. The number of nitrogens with one attached hydrogen (secondary N) is 1. The lowest BCUT2D eigenvalue weighted by atomic mass is 10.0. The van der Waals surface area contributed by atoms with Crippen LogP contribution in [0, 0.1) is 11.3 Å². The summed E-state index contributed by atoms with van der Waals surface area (Å²) in [4.78, 5) is 32.3. The Morgan fingerprint density at radius 1 is 1.38 bits per heavy atom. The molecule has 2 aromatic heterocycles. The summed E-state index contributed by atoms with van der Waals surface area (Å²) in [5.41, 5.74) is 2.48. The number of nitrogens with zero attached hydrogens (tertiary/aromatic N) is 4. The number of methoxy groups -OCH3 is 1. The van der Waals surface area contributed by atoms with Crippen molar-refractivity contribution < 1.29 is 14.3 Å². The molecular formula is C25H27N5O3S. The number of ether oxygens (including phenoxy) is 1. The minimum atomic E-state index is -0.139. The maximum atomic E-state index is 12.9. The highest BCUT2D eigenvalue weighted by molar-refractivity contribution is 7.16. The molecule has 0 aliphatic carbocycles. The normalized spacial score (nSPS) is 13.6. The molecule has 3 aromatic rings. The maximum absolute atomic E-state index is 12.9. The predicted molar refractivity (Wildman–Crippen MR) is 130 cm³/mol. The van der Waals surface area contributed by atoms with Gasteiger partial charge in [-0.2, -0.15) is 5.26 Å². The molecule has 0 saturated heterocycles. The molecule has 176 valence electrons. The third-order valence-corrected chi connectivity index (χ3v) is 7.19. The molecule has 1 aromatic carbocycles. The van der Waals surface area contributed by atoms with Crippen LogP contribution >= 0.6 is 11.3 Å². The van der Waals surface area contributed by atoms with Gasteiger partial charge in [-0.3, -0.25) is 9.59 Å². The van der Waals surface area contributed by atoms with Crippen molar-refractivity contribution in [2.24, 2.45) is 0 Å². The summed E-state index contributed by atoms with van der Waals surface area (Å²) in [6.45, 7) is 3.02. The summed E-state index contributed by atoms with van der Waals surface area (Å²) in [6, 6.07) is 9.92. The van der Waals surface area contributed by atoms with Crippen molar-refractivity contribution in [3.8, 4) is 11.8 Å². The predicted octanol–water partition coefficient (Wildman–Crippen LogP) is 3.93. The third-order valence-electron chi connectivity index (χ3n) is 6.05. The SMILES string of the molecule is COc1cccc(CCC(=O)Nc2sc3c(c2C#N)CCN(C(=O)C[C@H](C)n2ccnc2)C3)c1. The lowest BCUT2D eigenvalue weighted by molar-refractivity contribution is -0.132. The topological polar surface area (TPSA) is 100 Å². The van der Waals surface area contributed by atoms with E-state index in [-0.39, 0.29) is 17.9 Å². The van der Waals surface area contributed by atoms with Crippen molar-refractivity contribution in [2.45, 2.75) is 45.2 Å². The van der Waals surface area contributed by atoms with Gasteiger partial charge in [-0.25, -0.2) is 4.98 Å². The van der Waals surface area contributed by atoms with Gasteiger partial charge in [-0.1, -0.05) is 12.1 Å². The number of aryl methyl sites for hydroxylation is 1. The number of rotatable bonds is 8. The number of carbonyl (C=O) groups is 2. The van der Waals surface area contributed by atoms with Gasteiger partial charge in [0, 0.05) is 42.7 Å². The number of fused-ring (bicyclic) bond motifs is 1. The largest absolute Gasteiger partial charge is 0.497 e. The van der Waals surface area contributed by atoms with Crippen LogP contribution in [0.1, 0.15) is 47.4 Å². The first-order chi connectivity index (χ1) is 16.5. The van der Waals surface area contributed by atoms with Crippen LogP contribution in [-0.2, 0) is 29.0 Å². The fourth-order valence-corrected chi connectivity index (χ4v) is 5.34. The summed E-state index contributed by atoms with van der Waals surface area (Å²) in [7, 11) is 1.61. The average Bonchev–Trinajstić information content (AvgIpc) is 3.50. The number of benzene rings is 1. The van der Waals surface area contributed by atoms with Crippen LogP contribution in [0.4, 0.5) is 5.00 Å². The number of anilines is 1. The van der Waals surface area contributed by atoms with E-state index in [1.807, 2.05) is 46.9 Å². The van der Waals surface area contributed by atoms with E-state index in [0.717, 1.165) is 21.8 Å². The van der Waals surface area contributed by atoms with Gasteiger partial charge in [0.25, 0.3) is 0 Å². The van der Waals surface area contributed by atoms with Gasteiger partial charge < -0.3 is 19.5 Å². The molecule has 1 N–H and O–H groups in total. The number of imidazole rings is 1. The quantitative estimate of drug-likeness (QED) is 0.530. The van der Waals surface area contributed by atoms with E-state index < -0.39 is 0 Å². The van der Waals surface area contributed by atoms with E-state index in [1.54, 1.807) is 19.6 Å². The zero-order valence-corrected chi connectivity index (χ0v) is 20.1. The molecule has 1 aliphatic heterocycles. The third kappa shape index (κ3) is 5.29. The van der Waals surface area contributed by atoms with Crippen molar-refractivity contribution >= 4 is 28.2 Å². The first-order valence-corrected chi connectivity index (χ1v) is 12.0. The Balaban J connectivity index is 1.38. The number of nitriles is 1. The van der Waals surface area contributed by atoms with Gasteiger partial charge in [-0.05, 0) is 43.0 Å². The van der Waals surface area contributed by atoms with Crippen LogP contribution in [0.3, 0.4) is 0 Å². The molecule has 0 bridgehead atoms. The molecule has 0 unspecified atom stereocenters. The van der Waals surface area contributed by atoms with E-state index in [2.05, 4.69) is 16.4 Å². The average molecular weight is 478 g/mol. The van der Waals surface area contributed by atoms with Crippen molar-refractivity contribution in [3.05, 3.63) is 64.6 Å². The summed E-state index contributed by atoms with van der Waals surface area (Å²) in [5, 5.41) is 13.2. The summed E-state index contributed by atoms with van der Waals surface area (Å²) >= 11 is 1.40. The fraction of sp³-hybridized carbons (Fsp3) is 0.360. The molecule has 1 aliphatic rings. The smallest absolute Gasteiger partial charge is 0.225 e. The zero-order chi connectivity index (χ0) is 24.1. The number of aromatic nitrogens is 2. The number of amides is 2. The molecule has 0 radical (unpaired) electrons. The number of thiophene rings is 1. The van der Waals surface area contributed by atoms with E-state index in [9.17, 15) is 14.9 Å². The van der Waals surface area contributed by atoms with Crippen LogP contribution in [0.25, 0.3) is 0 Å². The maximum Gasteiger partial charge on any atom is 0.225 e. The van der Waals surface area contributed by atoms with E-state index >= 15 is 0 Å². The number of hydrogen-bond donors (Lipinski definition) is 1. The second-order valence-electron chi connectivity index (χ2n) is 8.35. The van der Waals surface area contributed by atoms with E-state index in [1.165, 1.54) is 11.3 Å².